The zero-order chi connectivity index (χ0) is 11.8. The summed E-state index contributed by atoms with van der Waals surface area (Å²) in [5, 5.41) is 12.7. The lowest BCUT2D eigenvalue weighted by atomic mass is 10.1. The van der Waals surface area contributed by atoms with Gasteiger partial charge in [-0.05, 0) is 18.2 Å². The first-order valence-corrected chi connectivity index (χ1v) is 6.07. The molecule has 0 bridgehead atoms. The third-order valence-electron chi connectivity index (χ3n) is 2.80. The molecule has 88 valence electrons. The van der Waals surface area contributed by atoms with Gasteiger partial charge in [-0.1, -0.05) is 28.4 Å². The fourth-order valence-corrected chi connectivity index (χ4v) is 2.28. The van der Waals surface area contributed by atoms with Crippen LogP contribution in [0.4, 0.5) is 0 Å². The van der Waals surface area contributed by atoms with E-state index in [0.717, 1.165) is 24.3 Å². The Morgan fingerprint density at radius 1 is 1.18 bits per heavy atom. The molecule has 1 saturated heterocycles. The van der Waals surface area contributed by atoms with Gasteiger partial charge in [-0.2, -0.15) is 0 Å². The molecule has 2 heterocycles. The second-order valence-electron chi connectivity index (χ2n) is 4.05. The number of aromatic nitrogens is 3. The van der Waals surface area contributed by atoms with Crippen molar-refractivity contribution in [3.63, 3.8) is 0 Å². The van der Waals surface area contributed by atoms with Crippen LogP contribution >= 0.6 is 23.2 Å². The Balaban J connectivity index is 1.94. The highest BCUT2D eigenvalue weighted by Gasteiger charge is 2.20. The lowest BCUT2D eigenvalue weighted by Gasteiger charge is -2.26. The number of halogens is 2. The number of hydrogen-bond donors (Lipinski definition) is 1. The Morgan fingerprint density at radius 3 is 2.47 bits per heavy atom. The maximum Gasteiger partial charge on any atom is 0.113 e. The molecule has 17 heavy (non-hydrogen) atoms. The minimum atomic E-state index is 0.408. The van der Waals surface area contributed by atoms with Crippen molar-refractivity contribution in [2.75, 3.05) is 13.1 Å². The van der Waals surface area contributed by atoms with E-state index in [2.05, 4.69) is 15.6 Å². The Hall–Kier alpha value is -1.10. The first-order chi connectivity index (χ1) is 8.22. The summed E-state index contributed by atoms with van der Waals surface area (Å²) in [6.07, 6.45) is 1.92. The molecule has 0 spiro atoms. The highest BCUT2D eigenvalue weighted by molar-refractivity contribution is 6.35. The predicted octanol–water partition coefficient (Wildman–Crippen LogP) is 2.40. The van der Waals surface area contributed by atoms with Crippen molar-refractivity contribution in [1.29, 1.82) is 0 Å². The molecule has 0 aliphatic carbocycles. The molecular formula is C11H10Cl2N4. The lowest BCUT2D eigenvalue weighted by molar-refractivity contribution is 0.313. The van der Waals surface area contributed by atoms with E-state index >= 15 is 0 Å². The van der Waals surface area contributed by atoms with E-state index in [1.165, 1.54) is 0 Å². The smallest absolute Gasteiger partial charge is 0.113 e. The normalized spacial score (nSPS) is 15.9. The Bertz CT molecular complexity index is 528. The van der Waals surface area contributed by atoms with E-state index in [1.54, 1.807) is 6.07 Å². The molecule has 1 aliphatic rings. The van der Waals surface area contributed by atoms with Crippen LogP contribution in [0.5, 0.6) is 0 Å². The second kappa shape index (κ2) is 4.29. The minimum absolute atomic E-state index is 0.408. The summed E-state index contributed by atoms with van der Waals surface area (Å²) < 4.78 is 1.88. The quantitative estimate of drug-likeness (QED) is 0.910. The standard InChI is InChI=1S/C11H10Cl2N4/c12-8-1-7(2-9(13)3-8)11-6-17(16-15-11)10-4-14-5-10/h1-3,6,10,14H,4-5H2. The monoisotopic (exact) mass is 268 g/mol. The zero-order valence-corrected chi connectivity index (χ0v) is 10.4. The molecule has 0 saturated carbocycles. The van der Waals surface area contributed by atoms with Gasteiger partial charge in [0.15, 0.2) is 0 Å². The van der Waals surface area contributed by atoms with E-state index in [1.807, 2.05) is 23.0 Å². The maximum atomic E-state index is 5.96. The van der Waals surface area contributed by atoms with Crippen LogP contribution in [0.15, 0.2) is 24.4 Å². The minimum Gasteiger partial charge on any atom is -0.312 e. The summed E-state index contributed by atoms with van der Waals surface area (Å²) in [6.45, 7) is 1.89. The number of nitrogens with one attached hydrogen (secondary N) is 1. The summed E-state index contributed by atoms with van der Waals surface area (Å²) >= 11 is 11.9. The first-order valence-electron chi connectivity index (χ1n) is 5.31. The Morgan fingerprint density at radius 2 is 1.88 bits per heavy atom. The second-order valence-corrected chi connectivity index (χ2v) is 4.93. The first kappa shape index (κ1) is 11.0. The van der Waals surface area contributed by atoms with Gasteiger partial charge in [-0.25, -0.2) is 4.68 Å². The zero-order valence-electron chi connectivity index (χ0n) is 8.90. The van der Waals surface area contributed by atoms with E-state index in [0.29, 0.717) is 16.1 Å². The molecule has 1 aromatic heterocycles. The van der Waals surface area contributed by atoms with E-state index in [4.69, 9.17) is 23.2 Å². The molecule has 0 amide bonds. The number of nitrogens with zero attached hydrogens (tertiary/aromatic N) is 3. The van der Waals surface area contributed by atoms with E-state index in [-0.39, 0.29) is 0 Å². The van der Waals surface area contributed by atoms with Crippen LogP contribution in [0.2, 0.25) is 10.0 Å². The van der Waals surface area contributed by atoms with Crippen molar-refractivity contribution < 1.29 is 0 Å². The van der Waals surface area contributed by atoms with Gasteiger partial charge < -0.3 is 5.32 Å². The molecule has 3 rings (SSSR count). The fourth-order valence-electron chi connectivity index (χ4n) is 1.75. The van der Waals surface area contributed by atoms with Crippen LogP contribution in [0.1, 0.15) is 6.04 Å². The van der Waals surface area contributed by atoms with Crippen LogP contribution < -0.4 is 5.32 Å². The number of rotatable bonds is 2. The van der Waals surface area contributed by atoms with Gasteiger partial charge in [0.2, 0.25) is 0 Å². The van der Waals surface area contributed by atoms with Crippen LogP contribution in [-0.4, -0.2) is 28.1 Å². The Kier molecular flexibility index (Phi) is 2.78. The van der Waals surface area contributed by atoms with Crippen molar-refractivity contribution in [1.82, 2.24) is 20.3 Å². The van der Waals surface area contributed by atoms with Gasteiger partial charge in [0, 0.05) is 28.7 Å². The van der Waals surface area contributed by atoms with E-state index in [9.17, 15) is 0 Å². The molecule has 0 atom stereocenters. The Labute approximate surface area is 109 Å². The molecule has 1 aromatic carbocycles. The average molecular weight is 269 g/mol. The van der Waals surface area contributed by atoms with Crippen molar-refractivity contribution in [3.8, 4) is 11.3 Å². The highest BCUT2D eigenvalue weighted by atomic mass is 35.5. The molecule has 2 aromatic rings. The number of hydrogen-bond acceptors (Lipinski definition) is 3. The van der Waals surface area contributed by atoms with Crippen molar-refractivity contribution in [2.45, 2.75) is 6.04 Å². The van der Waals surface area contributed by atoms with Crippen LogP contribution in [0, 0.1) is 0 Å². The molecular weight excluding hydrogens is 259 g/mol. The molecule has 6 heteroatoms. The SMILES string of the molecule is Clc1cc(Cl)cc(-c2cn(C3CNC3)nn2)c1. The lowest BCUT2D eigenvalue weighted by Crippen LogP contribution is -2.43. The molecule has 1 fully saturated rings. The number of benzene rings is 1. The molecule has 0 unspecified atom stereocenters. The summed E-state index contributed by atoms with van der Waals surface area (Å²) in [5.74, 6) is 0. The third-order valence-corrected chi connectivity index (χ3v) is 3.24. The van der Waals surface area contributed by atoms with Crippen molar-refractivity contribution >= 4 is 23.2 Å². The molecule has 0 radical (unpaired) electrons. The molecule has 4 nitrogen and oxygen atoms in total. The maximum absolute atomic E-state index is 5.96. The van der Waals surface area contributed by atoms with Crippen LogP contribution in [-0.2, 0) is 0 Å². The largest absolute Gasteiger partial charge is 0.312 e. The predicted molar refractivity (Wildman–Crippen MR) is 67.4 cm³/mol. The molecule has 1 aliphatic heterocycles. The highest BCUT2D eigenvalue weighted by Crippen LogP contribution is 2.26. The van der Waals surface area contributed by atoms with Crippen molar-refractivity contribution in [2.24, 2.45) is 0 Å². The van der Waals surface area contributed by atoms with Gasteiger partial charge >= 0.3 is 0 Å². The summed E-state index contributed by atoms with van der Waals surface area (Å²) in [5.41, 5.74) is 1.68. The molecule has 1 N–H and O–H groups in total. The van der Waals surface area contributed by atoms with Gasteiger partial charge in [-0.3, -0.25) is 0 Å². The van der Waals surface area contributed by atoms with Crippen LogP contribution in [0.25, 0.3) is 11.3 Å². The fraction of sp³-hybridized carbons (Fsp3) is 0.273. The van der Waals surface area contributed by atoms with Gasteiger partial charge in [0.05, 0.1) is 12.2 Å². The van der Waals surface area contributed by atoms with Gasteiger partial charge in [0.25, 0.3) is 0 Å². The topological polar surface area (TPSA) is 42.7 Å². The summed E-state index contributed by atoms with van der Waals surface area (Å²) in [6, 6.07) is 5.78. The third kappa shape index (κ3) is 2.16. The average Bonchev–Trinajstić information content (AvgIpc) is 2.62. The van der Waals surface area contributed by atoms with Gasteiger partial charge in [-0.15, -0.1) is 5.10 Å². The van der Waals surface area contributed by atoms with Crippen LogP contribution in [0.3, 0.4) is 0 Å². The van der Waals surface area contributed by atoms with Crippen molar-refractivity contribution in [3.05, 3.63) is 34.4 Å². The summed E-state index contributed by atoms with van der Waals surface area (Å²) in [4.78, 5) is 0. The summed E-state index contributed by atoms with van der Waals surface area (Å²) in [7, 11) is 0. The van der Waals surface area contributed by atoms with E-state index < -0.39 is 0 Å². The van der Waals surface area contributed by atoms with Gasteiger partial charge in [0.1, 0.15) is 5.69 Å².